The first kappa shape index (κ1) is 23.2. The first-order valence-electron chi connectivity index (χ1n) is 12.7. The summed E-state index contributed by atoms with van der Waals surface area (Å²) in [6.45, 7) is 2.23. The van der Waals surface area contributed by atoms with E-state index < -0.39 is 0 Å². The second-order valence-corrected chi connectivity index (χ2v) is 10.7. The molecule has 1 fully saturated rings. The maximum atomic E-state index is 14.4. The molecule has 1 spiro atoms. The van der Waals surface area contributed by atoms with Gasteiger partial charge in [0, 0.05) is 16.7 Å². The molecule has 0 atom stereocenters. The van der Waals surface area contributed by atoms with Crippen LogP contribution in [0.1, 0.15) is 69.4 Å². The zero-order chi connectivity index (χ0) is 23.5. The number of thioether (sulfide) groups is 1. The topological polar surface area (TPSA) is 44.1 Å². The van der Waals surface area contributed by atoms with Crippen LogP contribution in [0.3, 0.4) is 0 Å². The van der Waals surface area contributed by atoms with E-state index in [2.05, 4.69) is 31.2 Å². The fourth-order valence-corrected chi connectivity index (χ4v) is 6.76. The number of methoxy groups -OCH3 is 1. The molecule has 0 bridgehead atoms. The van der Waals surface area contributed by atoms with Gasteiger partial charge in [0.15, 0.2) is 5.16 Å². The Labute approximate surface area is 206 Å². The first-order valence-corrected chi connectivity index (χ1v) is 13.7. The minimum atomic E-state index is -0.0910. The molecule has 0 amide bonds. The minimum absolute atomic E-state index is 0.0910. The van der Waals surface area contributed by atoms with Crippen molar-refractivity contribution in [2.24, 2.45) is 0 Å². The molecular formula is C29H34N2O2S. The Bertz CT molecular complexity index is 1210. The molecule has 2 aliphatic rings. The van der Waals surface area contributed by atoms with Crippen molar-refractivity contribution >= 4 is 11.8 Å². The van der Waals surface area contributed by atoms with Crippen LogP contribution in [-0.4, -0.2) is 22.4 Å². The van der Waals surface area contributed by atoms with Gasteiger partial charge in [-0.3, -0.25) is 9.36 Å². The Kier molecular flexibility index (Phi) is 6.82. The lowest BCUT2D eigenvalue weighted by atomic mass is 9.68. The van der Waals surface area contributed by atoms with Gasteiger partial charge in [-0.2, -0.15) is 0 Å². The molecule has 0 N–H and O–H groups in total. The van der Waals surface area contributed by atoms with E-state index >= 15 is 0 Å². The quantitative estimate of drug-likeness (QED) is 0.201. The third-order valence-corrected chi connectivity index (χ3v) is 8.53. The molecule has 178 valence electrons. The average Bonchev–Trinajstić information content (AvgIpc) is 3.32. The largest absolute Gasteiger partial charge is 0.497 e. The van der Waals surface area contributed by atoms with E-state index in [0.717, 1.165) is 64.9 Å². The molecule has 2 aliphatic carbocycles. The lowest BCUT2D eigenvalue weighted by molar-refractivity contribution is 0.414. The van der Waals surface area contributed by atoms with Crippen molar-refractivity contribution in [3.8, 4) is 22.7 Å². The molecular weight excluding hydrogens is 440 g/mol. The number of ether oxygens (including phenoxy) is 1. The van der Waals surface area contributed by atoms with Crippen molar-refractivity contribution in [3.63, 3.8) is 0 Å². The molecule has 5 heteroatoms. The number of unbranched alkanes of at least 4 members (excludes halogenated alkanes) is 3. The number of fused-ring (bicyclic) bond motifs is 4. The van der Waals surface area contributed by atoms with Gasteiger partial charge in [-0.15, -0.1) is 0 Å². The molecule has 0 unspecified atom stereocenters. The van der Waals surface area contributed by atoms with Crippen molar-refractivity contribution in [1.29, 1.82) is 0 Å². The van der Waals surface area contributed by atoms with E-state index in [1.165, 1.54) is 37.7 Å². The lowest BCUT2D eigenvalue weighted by Gasteiger charge is -2.36. The van der Waals surface area contributed by atoms with Crippen molar-refractivity contribution in [2.45, 2.75) is 75.3 Å². The summed E-state index contributed by atoms with van der Waals surface area (Å²) in [7, 11) is 1.67. The van der Waals surface area contributed by atoms with Gasteiger partial charge in [0.25, 0.3) is 5.56 Å². The number of aromatic nitrogens is 2. The number of nitrogens with zero attached hydrogens (tertiary/aromatic N) is 2. The summed E-state index contributed by atoms with van der Waals surface area (Å²) in [5.74, 6) is 1.76. The van der Waals surface area contributed by atoms with Gasteiger partial charge in [0.1, 0.15) is 5.75 Å². The van der Waals surface area contributed by atoms with Gasteiger partial charge in [-0.05, 0) is 55.5 Å². The highest BCUT2D eigenvalue weighted by Crippen LogP contribution is 2.50. The normalized spacial score (nSPS) is 15.8. The molecule has 0 aliphatic heterocycles. The van der Waals surface area contributed by atoms with Crippen LogP contribution in [0.25, 0.3) is 16.9 Å². The monoisotopic (exact) mass is 474 g/mol. The Morgan fingerprint density at radius 3 is 2.53 bits per heavy atom. The minimum Gasteiger partial charge on any atom is -0.497 e. The van der Waals surface area contributed by atoms with Crippen LogP contribution < -0.4 is 10.3 Å². The Morgan fingerprint density at radius 2 is 1.79 bits per heavy atom. The van der Waals surface area contributed by atoms with Crippen molar-refractivity contribution in [1.82, 2.24) is 9.55 Å². The average molecular weight is 475 g/mol. The molecule has 1 aromatic heterocycles. The SMILES string of the molecule is CCCCCCSc1nc2c(c(=O)n1-c1ccc(OC)cc1)C1(CCCC1)Cc1ccccc1-2. The van der Waals surface area contributed by atoms with Crippen LogP contribution >= 0.6 is 11.8 Å². The van der Waals surface area contributed by atoms with E-state index in [1.54, 1.807) is 18.9 Å². The summed E-state index contributed by atoms with van der Waals surface area (Å²) in [6.07, 6.45) is 10.3. The van der Waals surface area contributed by atoms with Crippen LogP contribution in [0.5, 0.6) is 5.75 Å². The third-order valence-electron chi connectivity index (χ3n) is 7.50. The fourth-order valence-electron chi connectivity index (χ4n) is 5.76. The van der Waals surface area contributed by atoms with Crippen molar-refractivity contribution < 1.29 is 4.74 Å². The lowest BCUT2D eigenvalue weighted by Crippen LogP contribution is -2.40. The van der Waals surface area contributed by atoms with Gasteiger partial charge < -0.3 is 4.74 Å². The summed E-state index contributed by atoms with van der Waals surface area (Å²) in [6, 6.07) is 16.4. The zero-order valence-electron chi connectivity index (χ0n) is 20.3. The predicted octanol–water partition coefficient (Wildman–Crippen LogP) is 6.95. The van der Waals surface area contributed by atoms with E-state index in [0.29, 0.717) is 0 Å². The highest BCUT2D eigenvalue weighted by Gasteiger charge is 2.44. The van der Waals surface area contributed by atoms with Gasteiger partial charge in [0.2, 0.25) is 0 Å². The maximum absolute atomic E-state index is 14.4. The summed E-state index contributed by atoms with van der Waals surface area (Å²) < 4.78 is 7.24. The zero-order valence-corrected chi connectivity index (χ0v) is 21.1. The van der Waals surface area contributed by atoms with Crippen LogP contribution in [0.2, 0.25) is 0 Å². The third kappa shape index (κ3) is 4.19. The Morgan fingerprint density at radius 1 is 1.03 bits per heavy atom. The summed E-state index contributed by atoms with van der Waals surface area (Å²) >= 11 is 1.72. The van der Waals surface area contributed by atoms with Gasteiger partial charge in [0.05, 0.1) is 24.1 Å². The van der Waals surface area contributed by atoms with Gasteiger partial charge in [-0.1, -0.05) is 75.1 Å². The van der Waals surface area contributed by atoms with Crippen molar-refractivity contribution in [2.75, 3.05) is 12.9 Å². The van der Waals surface area contributed by atoms with E-state index in [4.69, 9.17) is 9.72 Å². The number of rotatable bonds is 8. The van der Waals surface area contributed by atoms with E-state index in [1.807, 2.05) is 28.8 Å². The Hall–Kier alpha value is -2.53. The number of hydrogen-bond acceptors (Lipinski definition) is 4. The van der Waals surface area contributed by atoms with Crippen LogP contribution in [-0.2, 0) is 11.8 Å². The molecule has 0 saturated heterocycles. The highest BCUT2D eigenvalue weighted by atomic mass is 32.2. The molecule has 1 heterocycles. The molecule has 4 nitrogen and oxygen atoms in total. The molecule has 2 aromatic carbocycles. The fraction of sp³-hybridized carbons (Fsp3) is 0.448. The second kappa shape index (κ2) is 9.99. The van der Waals surface area contributed by atoms with Crippen LogP contribution in [0.4, 0.5) is 0 Å². The highest BCUT2D eigenvalue weighted by molar-refractivity contribution is 7.99. The molecule has 34 heavy (non-hydrogen) atoms. The summed E-state index contributed by atoms with van der Waals surface area (Å²) in [5.41, 5.74) is 5.23. The number of benzene rings is 2. The Balaban J connectivity index is 1.68. The second-order valence-electron chi connectivity index (χ2n) is 9.69. The standard InChI is InChI=1S/C29H34N2O2S/c1-3-4-5-10-19-34-28-30-26-24-12-7-6-11-21(24)20-29(17-8-9-18-29)25(26)27(32)31(28)22-13-15-23(33-2)16-14-22/h6-7,11-16H,3-5,8-10,17-20H2,1-2H3. The van der Waals surface area contributed by atoms with E-state index in [9.17, 15) is 4.79 Å². The van der Waals surface area contributed by atoms with Crippen molar-refractivity contribution in [3.05, 3.63) is 70.0 Å². The van der Waals surface area contributed by atoms with Crippen LogP contribution in [0.15, 0.2) is 58.5 Å². The smallest absolute Gasteiger partial charge is 0.263 e. The molecule has 0 radical (unpaired) electrons. The van der Waals surface area contributed by atoms with Gasteiger partial charge >= 0.3 is 0 Å². The molecule has 1 saturated carbocycles. The first-order chi connectivity index (χ1) is 16.7. The molecule has 5 rings (SSSR count). The number of hydrogen-bond donors (Lipinski definition) is 0. The predicted molar refractivity (Wildman–Crippen MR) is 141 cm³/mol. The summed E-state index contributed by atoms with van der Waals surface area (Å²) in [5, 5.41) is 0.801. The van der Waals surface area contributed by atoms with E-state index in [-0.39, 0.29) is 11.0 Å². The van der Waals surface area contributed by atoms with Gasteiger partial charge in [-0.25, -0.2) is 4.98 Å². The van der Waals surface area contributed by atoms with Crippen LogP contribution in [0, 0.1) is 0 Å². The molecule has 3 aromatic rings. The summed E-state index contributed by atoms with van der Waals surface area (Å²) in [4.78, 5) is 19.6. The maximum Gasteiger partial charge on any atom is 0.263 e.